The van der Waals surface area contributed by atoms with E-state index in [9.17, 15) is 14.7 Å². The van der Waals surface area contributed by atoms with Crippen LogP contribution < -0.4 is 14.9 Å². The van der Waals surface area contributed by atoms with Gasteiger partial charge < -0.3 is 23.9 Å². The molecule has 1 aliphatic rings. The van der Waals surface area contributed by atoms with Gasteiger partial charge in [0, 0.05) is 11.6 Å². The molecular formula is C27H22ClNO6. The van der Waals surface area contributed by atoms with E-state index in [1.807, 2.05) is 24.3 Å². The van der Waals surface area contributed by atoms with Crippen molar-refractivity contribution in [2.75, 3.05) is 13.7 Å². The van der Waals surface area contributed by atoms with Crippen LogP contribution in [-0.4, -0.2) is 29.6 Å². The number of rotatable bonds is 6. The van der Waals surface area contributed by atoms with Gasteiger partial charge in [0.05, 0.1) is 30.7 Å². The van der Waals surface area contributed by atoms with Gasteiger partial charge in [-0.05, 0) is 60.5 Å². The zero-order chi connectivity index (χ0) is 24.7. The summed E-state index contributed by atoms with van der Waals surface area (Å²) in [7, 11) is 1.58. The fourth-order valence-corrected chi connectivity index (χ4v) is 4.57. The summed E-state index contributed by atoms with van der Waals surface area (Å²) in [5.41, 5.74) is 1.65. The average molecular weight is 492 g/mol. The van der Waals surface area contributed by atoms with Gasteiger partial charge in [-0.2, -0.15) is 0 Å². The third-order valence-electron chi connectivity index (χ3n) is 6.04. The lowest BCUT2D eigenvalue weighted by molar-refractivity contribution is 0.0714. The first-order valence-corrected chi connectivity index (χ1v) is 11.4. The topological polar surface area (TPSA) is 89.2 Å². The number of amides is 1. The molecule has 1 amide bonds. The maximum atomic E-state index is 13.7. The van der Waals surface area contributed by atoms with E-state index in [0.717, 1.165) is 5.56 Å². The van der Waals surface area contributed by atoms with Crippen LogP contribution in [0.25, 0.3) is 11.0 Å². The summed E-state index contributed by atoms with van der Waals surface area (Å²) in [6, 6.07) is 16.1. The summed E-state index contributed by atoms with van der Waals surface area (Å²) in [5.74, 6) is 0.527. The standard InChI is InChI=1S/C27H22ClNO6/c1-3-34-22-12-16(6-10-20(22)30)24-23-25(31)19-13-17(28)7-11-21(19)35-26(23)27(32)29(24)14-15-4-8-18(33-2)9-5-15/h4-13,24,30H,3,14H2,1-2H3. The Balaban J connectivity index is 1.70. The molecule has 1 aromatic heterocycles. The van der Waals surface area contributed by atoms with Crippen molar-refractivity contribution in [3.05, 3.63) is 98.4 Å². The Kier molecular flexibility index (Phi) is 5.86. The van der Waals surface area contributed by atoms with Crippen molar-refractivity contribution in [3.63, 3.8) is 0 Å². The monoisotopic (exact) mass is 491 g/mol. The minimum absolute atomic E-state index is 0.00521. The van der Waals surface area contributed by atoms with E-state index < -0.39 is 11.9 Å². The highest BCUT2D eigenvalue weighted by Gasteiger charge is 2.43. The van der Waals surface area contributed by atoms with E-state index in [4.69, 9.17) is 25.5 Å². The van der Waals surface area contributed by atoms with Crippen LogP contribution >= 0.6 is 11.6 Å². The summed E-state index contributed by atoms with van der Waals surface area (Å²) in [6.45, 7) is 2.37. The molecule has 1 aliphatic heterocycles. The lowest BCUT2D eigenvalue weighted by Gasteiger charge is -2.26. The van der Waals surface area contributed by atoms with Crippen molar-refractivity contribution in [3.8, 4) is 17.2 Å². The van der Waals surface area contributed by atoms with Gasteiger partial charge in [-0.3, -0.25) is 9.59 Å². The number of ether oxygens (including phenoxy) is 2. The molecule has 0 saturated heterocycles. The molecule has 1 unspecified atom stereocenters. The number of phenols is 1. The average Bonchev–Trinajstić information content (AvgIpc) is 3.13. The van der Waals surface area contributed by atoms with Crippen molar-refractivity contribution in [2.45, 2.75) is 19.5 Å². The summed E-state index contributed by atoms with van der Waals surface area (Å²) >= 11 is 6.14. The molecular weight excluding hydrogens is 470 g/mol. The highest BCUT2D eigenvalue weighted by Crippen LogP contribution is 2.41. The number of phenolic OH excluding ortho intramolecular Hbond substituents is 1. The fourth-order valence-electron chi connectivity index (χ4n) is 4.40. The van der Waals surface area contributed by atoms with E-state index in [1.165, 1.54) is 6.07 Å². The van der Waals surface area contributed by atoms with E-state index in [-0.39, 0.29) is 40.4 Å². The Morgan fingerprint density at radius 2 is 1.83 bits per heavy atom. The van der Waals surface area contributed by atoms with Gasteiger partial charge in [0.1, 0.15) is 11.3 Å². The molecule has 2 heterocycles. The zero-order valence-corrected chi connectivity index (χ0v) is 19.8. The van der Waals surface area contributed by atoms with Crippen LogP contribution in [0.4, 0.5) is 0 Å². The minimum Gasteiger partial charge on any atom is -0.504 e. The number of carbonyl (C=O) groups excluding carboxylic acids is 1. The number of fused-ring (bicyclic) bond motifs is 2. The summed E-state index contributed by atoms with van der Waals surface area (Å²) in [6.07, 6.45) is 0. The van der Waals surface area contributed by atoms with Gasteiger partial charge in [0.25, 0.3) is 5.91 Å². The van der Waals surface area contributed by atoms with Gasteiger partial charge in [-0.1, -0.05) is 29.8 Å². The first-order valence-electron chi connectivity index (χ1n) is 11.1. The number of halogens is 1. The molecule has 0 saturated carbocycles. The van der Waals surface area contributed by atoms with Crippen LogP contribution in [-0.2, 0) is 6.54 Å². The van der Waals surface area contributed by atoms with Crippen LogP contribution in [0, 0.1) is 0 Å². The highest BCUT2D eigenvalue weighted by molar-refractivity contribution is 6.31. The number of carbonyl (C=O) groups is 1. The van der Waals surface area contributed by atoms with E-state index >= 15 is 0 Å². The molecule has 5 rings (SSSR count). The van der Waals surface area contributed by atoms with Crippen LogP contribution in [0.3, 0.4) is 0 Å². The second kappa shape index (κ2) is 9.00. The summed E-state index contributed by atoms with van der Waals surface area (Å²) in [4.78, 5) is 28.9. The predicted molar refractivity (Wildman–Crippen MR) is 131 cm³/mol. The molecule has 0 spiro atoms. The second-order valence-corrected chi connectivity index (χ2v) is 8.59. The first kappa shape index (κ1) is 22.8. The van der Waals surface area contributed by atoms with Crippen LogP contribution in [0.5, 0.6) is 17.2 Å². The largest absolute Gasteiger partial charge is 0.504 e. The predicted octanol–water partition coefficient (Wildman–Crippen LogP) is 5.30. The van der Waals surface area contributed by atoms with Gasteiger partial charge in [0.15, 0.2) is 16.9 Å². The molecule has 1 atom stereocenters. The van der Waals surface area contributed by atoms with Gasteiger partial charge in [-0.25, -0.2) is 0 Å². The molecule has 0 fully saturated rings. The number of hydrogen-bond donors (Lipinski definition) is 1. The molecule has 8 heteroatoms. The number of aromatic hydroxyl groups is 1. The quantitative estimate of drug-likeness (QED) is 0.393. The maximum absolute atomic E-state index is 13.7. The van der Waals surface area contributed by atoms with Crippen LogP contribution in [0.2, 0.25) is 5.02 Å². The lowest BCUT2D eigenvalue weighted by Crippen LogP contribution is -2.29. The fraction of sp³-hybridized carbons (Fsp3) is 0.185. The van der Waals surface area contributed by atoms with Gasteiger partial charge >= 0.3 is 0 Å². The smallest absolute Gasteiger partial charge is 0.291 e. The van der Waals surface area contributed by atoms with E-state index in [0.29, 0.717) is 28.3 Å². The third-order valence-corrected chi connectivity index (χ3v) is 6.27. The number of methoxy groups -OCH3 is 1. The van der Waals surface area contributed by atoms with Crippen LogP contribution in [0.1, 0.15) is 40.2 Å². The number of hydrogen-bond acceptors (Lipinski definition) is 6. The summed E-state index contributed by atoms with van der Waals surface area (Å²) < 4.78 is 16.8. The first-order chi connectivity index (χ1) is 16.9. The SMILES string of the molecule is CCOc1cc(C2c3c(oc4ccc(Cl)cc4c3=O)C(=O)N2Cc2ccc(OC)cc2)ccc1O. The molecule has 178 valence electrons. The number of benzene rings is 3. The third kappa shape index (κ3) is 3.98. The highest BCUT2D eigenvalue weighted by atomic mass is 35.5. The minimum atomic E-state index is -0.751. The van der Waals surface area contributed by atoms with Crippen molar-refractivity contribution in [2.24, 2.45) is 0 Å². The lowest BCUT2D eigenvalue weighted by atomic mass is 9.97. The van der Waals surface area contributed by atoms with Crippen molar-refractivity contribution >= 4 is 28.5 Å². The Morgan fingerprint density at radius 3 is 2.54 bits per heavy atom. The van der Waals surface area contributed by atoms with Crippen LogP contribution in [0.15, 0.2) is 69.9 Å². The van der Waals surface area contributed by atoms with Crippen molar-refractivity contribution in [1.29, 1.82) is 0 Å². The Labute approximate surface area is 206 Å². The van der Waals surface area contributed by atoms with Crippen molar-refractivity contribution < 1.29 is 23.8 Å². The second-order valence-electron chi connectivity index (χ2n) is 8.16. The summed E-state index contributed by atoms with van der Waals surface area (Å²) in [5, 5.41) is 10.9. The van der Waals surface area contributed by atoms with Crippen molar-refractivity contribution in [1.82, 2.24) is 4.90 Å². The molecule has 1 N–H and O–H groups in total. The Hall–Kier alpha value is -3.97. The van der Waals surface area contributed by atoms with Gasteiger partial charge in [-0.15, -0.1) is 0 Å². The van der Waals surface area contributed by atoms with E-state index in [2.05, 4.69) is 0 Å². The number of nitrogens with zero attached hydrogens (tertiary/aromatic N) is 1. The molecule has 3 aromatic carbocycles. The molecule has 4 aromatic rings. The van der Waals surface area contributed by atoms with Gasteiger partial charge in [0.2, 0.25) is 5.76 Å². The maximum Gasteiger partial charge on any atom is 0.291 e. The molecule has 35 heavy (non-hydrogen) atoms. The Bertz CT molecular complexity index is 1490. The van der Waals surface area contributed by atoms with E-state index in [1.54, 1.807) is 49.3 Å². The Morgan fingerprint density at radius 1 is 1.06 bits per heavy atom. The molecule has 0 aliphatic carbocycles. The molecule has 7 nitrogen and oxygen atoms in total. The normalized spacial score (nSPS) is 14.9. The molecule has 0 radical (unpaired) electrons. The molecule has 0 bridgehead atoms. The zero-order valence-electron chi connectivity index (χ0n) is 19.1.